The number of amides is 1. The fraction of sp³-hybridized carbons (Fsp3) is 0.409. The Morgan fingerprint density at radius 2 is 1.97 bits per heavy atom. The van der Waals surface area contributed by atoms with E-state index < -0.39 is 33.6 Å². The maximum atomic E-state index is 13.2. The summed E-state index contributed by atoms with van der Waals surface area (Å²) in [4.78, 5) is 12.9. The standard InChI is InChI=1S/C22H24ClF3N2O4S/c1-3-32-20-9-7-17(11-14(20)2)33(30,31)28-10-4-5-15(13-28)21(29)27-19-12-16(22(24,25)26)6-8-18(19)23/h6-9,11-12,15H,3-5,10,13H2,1-2H3,(H,27,29)/t15-/m1/s1. The van der Waals surface area contributed by atoms with Crippen molar-refractivity contribution in [3.05, 3.63) is 52.5 Å². The number of rotatable bonds is 6. The number of carbonyl (C=O) groups excluding carboxylic acids is 1. The van der Waals surface area contributed by atoms with E-state index >= 15 is 0 Å². The van der Waals surface area contributed by atoms with Crippen LogP contribution in [0.15, 0.2) is 41.3 Å². The summed E-state index contributed by atoms with van der Waals surface area (Å²) < 4.78 is 72.0. The van der Waals surface area contributed by atoms with Gasteiger partial charge in [-0.25, -0.2) is 8.42 Å². The topological polar surface area (TPSA) is 75.7 Å². The number of sulfonamides is 1. The van der Waals surface area contributed by atoms with Crippen LogP contribution in [-0.2, 0) is 21.0 Å². The first-order valence-corrected chi connectivity index (χ1v) is 12.2. The molecule has 2 aromatic carbocycles. The molecule has 33 heavy (non-hydrogen) atoms. The maximum Gasteiger partial charge on any atom is 0.416 e. The number of anilines is 1. The van der Waals surface area contributed by atoms with E-state index in [1.54, 1.807) is 13.0 Å². The third-order valence-corrected chi connectivity index (χ3v) is 7.58. The van der Waals surface area contributed by atoms with E-state index in [9.17, 15) is 26.4 Å². The largest absolute Gasteiger partial charge is 0.494 e. The molecule has 0 spiro atoms. The monoisotopic (exact) mass is 504 g/mol. The zero-order valence-corrected chi connectivity index (χ0v) is 19.6. The first kappa shape index (κ1) is 25.3. The molecule has 11 heteroatoms. The molecule has 1 aliphatic rings. The van der Waals surface area contributed by atoms with Gasteiger partial charge in [0, 0.05) is 13.1 Å². The molecule has 1 atom stereocenters. The molecule has 0 radical (unpaired) electrons. The Kier molecular flexibility index (Phi) is 7.60. The first-order valence-electron chi connectivity index (χ1n) is 10.3. The summed E-state index contributed by atoms with van der Waals surface area (Å²) in [5, 5.41) is 2.39. The van der Waals surface area contributed by atoms with Gasteiger partial charge in [-0.05, 0) is 68.7 Å². The number of alkyl halides is 3. The van der Waals surface area contributed by atoms with E-state index in [1.165, 1.54) is 16.4 Å². The number of benzene rings is 2. The van der Waals surface area contributed by atoms with Crippen molar-refractivity contribution < 1.29 is 31.1 Å². The van der Waals surface area contributed by atoms with Gasteiger partial charge in [0.2, 0.25) is 15.9 Å². The lowest BCUT2D eigenvalue weighted by atomic mass is 9.98. The van der Waals surface area contributed by atoms with Crippen LogP contribution in [0.1, 0.15) is 30.9 Å². The molecule has 1 aliphatic heterocycles. The number of nitrogens with one attached hydrogen (secondary N) is 1. The predicted octanol–water partition coefficient (Wildman–Crippen LogP) is 5.11. The Morgan fingerprint density at radius 1 is 1.24 bits per heavy atom. The van der Waals surface area contributed by atoms with Gasteiger partial charge >= 0.3 is 6.18 Å². The summed E-state index contributed by atoms with van der Waals surface area (Å²) in [6, 6.07) is 7.22. The Hall–Kier alpha value is -2.30. The second-order valence-corrected chi connectivity index (χ2v) is 10.1. The molecule has 3 rings (SSSR count). The highest BCUT2D eigenvalue weighted by Gasteiger charge is 2.35. The lowest BCUT2D eigenvalue weighted by molar-refractivity contribution is -0.137. The van der Waals surface area contributed by atoms with Crippen LogP contribution in [0.25, 0.3) is 0 Å². The van der Waals surface area contributed by atoms with Crippen molar-refractivity contribution in [1.82, 2.24) is 4.31 Å². The van der Waals surface area contributed by atoms with Crippen molar-refractivity contribution in [3.63, 3.8) is 0 Å². The zero-order chi connectivity index (χ0) is 24.4. The van der Waals surface area contributed by atoms with Gasteiger partial charge in [-0.15, -0.1) is 0 Å². The Morgan fingerprint density at radius 3 is 2.61 bits per heavy atom. The van der Waals surface area contributed by atoms with Crippen LogP contribution in [0.4, 0.5) is 18.9 Å². The molecule has 1 fully saturated rings. The molecule has 0 aliphatic carbocycles. The molecule has 1 heterocycles. The normalized spacial score (nSPS) is 17.6. The molecule has 1 amide bonds. The van der Waals surface area contributed by atoms with Gasteiger partial charge in [0.25, 0.3) is 0 Å². The van der Waals surface area contributed by atoms with E-state index in [4.69, 9.17) is 16.3 Å². The average Bonchev–Trinajstić information content (AvgIpc) is 2.76. The van der Waals surface area contributed by atoms with Crippen LogP contribution in [0.2, 0.25) is 5.02 Å². The van der Waals surface area contributed by atoms with Crippen LogP contribution < -0.4 is 10.1 Å². The zero-order valence-electron chi connectivity index (χ0n) is 18.1. The number of aryl methyl sites for hydroxylation is 1. The quantitative estimate of drug-likeness (QED) is 0.593. The van der Waals surface area contributed by atoms with Crippen molar-refractivity contribution in [2.24, 2.45) is 5.92 Å². The molecule has 0 bridgehead atoms. The SMILES string of the molecule is CCOc1ccc(S(=O)(=O)N2CCC[C@@H](C(=O)Nc3cc(C(F)(F)F)ccc3Cl)C2)cc1C. The fourth-order valence-electron chi connectivity index (χ4n) is 3.66. The summed E-state index contributed by atoms with van der Waals surface area (Å²) in [7, 11) is -3.87. The fourth-order valence-corrected chi connectivity index (χ4v) is 5.43. The number of nitrogens with zero attached hydrogens (tertiary/aromatic N) is 1. The number of hydrogen-bond donors (Lipinski definition) is 1. The molecule has 1 N–H and O–H groups in total. The second-order valence-electron chi connectivity index (χ2n) is 7.74. The van der Waals surface area contributed by atoms with Crippen molar-refractivity contribution in [2.45, 2.75) is 37.8 Å². The molecular formula is C22H24ClF3N2O4S. The number of carbonyl (C=O) groups is 1. The first-order chi connectivity index (χ1) is 15.4. The summed E-state index contributed by atoms with van der Waals surface area (Å²) in [6.07, 6.45) is -3.75. The second kappa shape index (κ2) is 9.90. The van der Waals surface area contributed by atoms with Crippen LogP contribution in [0, 0.1) is 12.8 Å². The van der Waals surface area contributed by atoms with Crippen LogP contribution >= 0.6 is 11.6 Å². The minimum absolute atomic E-state index is 0.0403. The highest BCUT2D eigenvalue weighted by molar-refractivity contribution is 7.89. The molecule has 0 saturated carbocycles. The Balaban J connectivity index is 1.76. The van der Waals surface area contributed by atoms with E-state index in [0.29, 0.717) is 30.8 Å². The van der Waals surface area contributed by atoms with Gasteiger partial charge in [-0.2, -0.15) is 17.5 Å². The van der Waals surface area contributed by atoms with Crippen LogP contribution in [0.3, 0.4) is 0 Å². The molecule has 180 valence electrons. The van der Waals surface area contributed by atoms with Gasteiger partial charge in [0.15, 0.2) is 0 Å². The lowest BCUT2D eigenvalue weighted by Gasteiger charge is -2.31. The molecule has 0 aromatic heterocycles. The van der Waals surface area contributed by atoms with Gasteiger partial charge in [-0.1, -0.05) is 11.6 Å². The van der Waals surface area contributed by atoms with Gasteiger partial charge < -0.3 is 10.1 Å². The highest BCUT2D eigenvalue weighted by atomic mass is 35.5. The van der Waals surface area contributed by atoms with E-state index in [0.717, 1.165) is 18.2 Å². The molecular weight excluding hydrogens is 481 g/mol. The number of hydrogen-bond acceptors (Lipinski definition) is 4. The smallest absolute Gasteiger partial charge is 0.416 e. The summed E-state index contributed by atoms with van der Waals surface area (Å²) in [6.45, 7) is 4.18. The number of ether oxygens (including phenoxy) is 1. The summed E-state index contributed by atoms with van der Waals surface area (Å²) in [5.74, 6) is -0.729. The highest BCUT2D eigenvalue weighted by Crippen LogP contribution is 2.34. The van der Waals surface area contributed by atoms with E-state index in [2.05, 4.69) is 5.32 Å². The van der Waals surface area contributed by atoms with Gasteiger partial charge in [0.1, 0.15) is 5.75 Å². The predicted molar refractivity (Wildman–Crippen MR) is 119 cm³/mol. The third-order valence-electron chi connectivity index (χ3n) is 5.39. The lowest BCUT2D eigenvalue weighted by Crippen LogP contribution is -2.43. The maximum absolute atomic E-state index is 13.2. The van der Waals surface area contributed by atoms with Crippen molar-refractivity contribution in [3.8, 4) is 5.75 Å². The average molecular weight is 505 g/mol. The number of halogens is 4. The minimum Gasteiger partial charge on any atom is -0.494 e. The van der Waals surface area contributed by atoms with Crippen LogP contribution in [-0.4, -0.2) is 38.3 Å². The van der Waals surface area contributed by atoms with Crippen molar-refractivity contribution >= 4 is 33.2 Å². The third kappa shape index (κ3) is 5.80. The Bertz CT molecular complexity index is 1140. The summed E-state index contributed by atoms with van der Waals surface area (Å²) >= 11 is 5.96. The molecule has 1 saturated heterocycles. The Labute approximate surface area is 195 Å². The van der Waals surface area contributed by atoms with Gasteiger partial charge in [0.05, 0.1) is 33.7 Å². The molecule has 6 nitrogen and oxygen atoms in total. The van der Waals surface area contributed by atoms with Crippen LogP contribution in [0.5, 0.6) is 5.75 Å². The molecule has 0 unspecified atom stereocenters. The number of piperidine rings is 1. The van der Waals surface area contributed by atoms with Gasteiger partial charge in [-0.3, -0.25) is 4.79 Å². The summed E-state index contributed by atoms with van der Waals surface area (Å²) in [5.41, 5.74) is -0.442. The van der Waals surface area contributed by atoms with E-state index in [1.807, 2.05) is 6.92 Å². The minimum atomic E-state index is -4.59. The molecule has 2 aromatic rings. The van der Waals surface area contributed by atoms with Crippen molar-refractivity contribution in [1.29, 1.82) is 0 Å². The van der Waals surface area contributed by atoms with Crippen molar-refractivity contribution in [2.75, 3.05) is 25.0 Å². The van der Waals surface area contributed by atoms with E-state index in [-0.39, 0.29) is 28.7 Å².